The first-order valence-electron chi connectivity index (χ1n) is 5.02. The van der Waals surface area contributed by atoms with Gasteiger partial charge in [0, 0.05) is 25.5 Å². The molecule has 0 aliphatic carbocycles. The monoisotopic (exact) mass is 207 g/mol. The Hall–Kier alpha value is -1.65. The Labute approximate surface area is 87.8 Å². The summed E-state index contributed by atoms with van der Waals surface area (Å²) in [5.74, 6) is -0.387. The Morgan fingerprint density at radius 2 is 2.20 bits per heavy atom. The molecule has 0 amide bonds. The van der Waals surface area contributed by atoms with Crippen molar-refractivity contribution in [2.75, 3.05) is 18.0 Å². The molecule has 0 aromatic carbocycles. The van der Waals surface area contributed by atoms with Crippen molar-refractivity contribution in [1.29, 1.82) is 0 Å². The van der Waals surface area contributed by atoms with Crippen LogP contribution in [0.5, 0.6) is 0 Å². The molecule has 1 atom stereocenters. The van der Waals surface area contributed by atoms with E-state index in [2.05, 4.69) is 9.97 Å². The SMILES string of the molecule is O=C(O)C1CCCN(c2ncccn2)C1. The number of hydrogen-bond acceptors (Lipinski definition) is 4. The molecular formula is C10H13N3O2. The topological polar surface area (TPSA) is 66.3 Å². The Kier molecular flexibility index (Phi) is 2.80. The molecule has 1 N–H and O–H groups in total. The molecule has 0 saturated carbocycles. The quantitative estimate of drug-likeness (QED) is 0.776. The van der Waals surface area contributed by atoms with Crippen LogP contribution in [0.25, 0.3) is 0 Å². The van der Waals surface area contributed by atoms with Crippen molar-refractivity contribution in [3.8, 4) is 0 Å². The maximum atomic E-state index is 10.9. The number of carboxylic acid groups (broad SMARTS) is 1. The molecule has 1 aromatic heterocycles. The molecule has 1 saturated heterocycles. The van der Waals surface area contributed by atoms with E-state index >= 15 is 0 Å². The van der Waals surface area contributed by atoms with Crippen LogP contribution in [0.2, 0.25) is 0 Å². The van der Waals surface area contributed by atoms with Gasteiger partial charge in [-0.3, -0.25) is 4.79 Å². The summed E-state index contributed by atoms with van der Waals surface area (Å²) < 4.78 is 0. The van der Waals surface area contributed by atoms with Gasteiger partial charge in [0.15, 0.2) is 0 Å². The van der Waals surface area contributed by atoms with Crippen LogP contribution < -0.4 is 4.90 Å². The number of rotatable bonds is 2. The van der Waals surface area contributed by atoms with Gasteiger partial charge in [0.2, 0.25) is 5.95 Å². The number of aromatic nitrogens is 2. The van der Waals surface area contributed by atoms with Crippen molar-refractivity contribution < 1.29 is 9.90 Å². The summed E-state index contributed by atoms with van der Waals surface area (Å²) in [5, 5.41) is 8.94. The molecule has 0 bridgehead atoms. The van der Waals surface area contributed by atoms with Gasteiger partial charge in [-0.25, -0.2) is 9.97 Å². The zero-order valence-electron chi connectivity index (χ0n) is 8.33. The zero-order valence-corrected chi connectivity index (χ0v) is 8.33. The fourth-order valence-electron chi connectivity index (χ4n) is 1.81. The number of carbonyl (C=O) groups is 1. The van der Waals surface area contributed by atoms with E-state index in [1.807, 2.05) is 4.90 Å². The third-order valence-corrected chi connectivity index (χ3v) is 2.61. The molecule has 5 heteroatoms. The minimum absolute atomic E-state index is 0.289. The molecule has 5 nitrogen and oxygen atoms in total. The van der Waals surface area contributed by atoms with Gasteiger partial charge in [0.05, 0.1) is 5.92 Å². The maximum Gasteiger partial charge on any atom is 0.308 e. The first-order chi connectivity index (χ1) is 7.27. The highest BCUT2D eigenvalue weighted by Crippen LogP contribution is 2.19. The van der Waals surface area contributed by atoms with Gasteiger partial charge in [-0.2, -0.15) is 0 Å². The van der Waals surface area contributed by atoms with Crippen molar-refractivity contribution in [2.24, 2.45) is 5.92 Å². The smallest absolute Gasteiger partial charge is 0.308 e. The molecule has 1 aliphatic rings. The first-order valence-corrected chi connectivity index (χ1v) is 5.02. The van der Waals surface area contributed by atoms with E-state index in [0.717, 1.165) is 19.4 Å². The molecule has 1 unspecified atom stereocenters. The van der Waals surface area contributed by atoms with E-state index < -0.39 is 5.97 Å². The van der Waals surface area contributed by atoms with Gasteiger partial charge in [-0.15, -0.1) is 0 Å². The van der Waals surface area contributed by atoms with Gasteiger partial charge in [0.25, 0.3) is 0 Å². The maximum absolute atomic E-state index is 10.9. The van der Waals surface area contributed by atoms with Gasteiger partial charge in [-0.1, -0.05) is 0 Å². The van der Waals surface area contributed by atoms with Crippen LogP contribution in [-0.4, -0.2) is 34.1 Å². The Bertz CT molecular complexity index is 342. The molecule has 0 spiro atoms. The predicted octanol–water partition coefficient (Wildman–Crippen LogP) is 0.778. The lowest BCUT2D eigenvalue weighted by Gasteiger charge is -2.30. The lowest BCUT2D eigenvalue weighted by molar-refractivity contribution is -0.141. The van der Waals surface area contributed by atoms with Gasteiger partial charge >= 0.3 is 5.97 Å². The Morgan fingerprint density at radius 1 is 1.47 bits per heavy atom. The number of hydrogen-bond donors (Lipinski definition) is 1. The molecule has 1 aromatic rings. The summed E-state index contributed by atoms with van der Waals surface area (Å²) in [7, 11) is 0. The molecule has 2 rings (SSSR count). The third kappa shape index (κ3) is 2.23. The van der Waals surface area contributed by atoms with Gasteiger partial charge in [-0.05, 0) is 18.9 Å². The van der Waals surface area contributed by atoms with E-state index in [0.29, 0.717) is 12.5 Å². The second-order valence-electron chi connectivity index (χ2n) is 3.67. The number of anilines is 1. The molecular weight excluding hydrogens is 194 g/mol. The predicted molar refractivity (Wildman–Crippen MR) is 54.6 cm³/mol. The summed E-state index contributed by atoms with van der Waals surface area (Å²) in [6.07, 6.45) is 4.98. The zero-order chi connectivity index (χ0) is 10.7. The Balaban J connectivity index is 2.08. The lowest BCUT2D eigenvalue weighted by Crippen LogP contribution is -2.39. The van der Waals surface area contributed by atoms with Crippen LogP contribution in [-0.2, 0) is 4.79 Å². The van der Waals surface area contributed by atoms with Gasteiger partial charge in [0.1, 0.15) is 0 Å². The van der Waals surface area contributed by atoms with Crippen molar-refractivity contribution in [3.63, 3.8) is 0 Å². The van der Waals surface area contributed by atoms with Crippen molar-refractivity contribution in [2.45, 2.75) is 12.8 Å². The second-order valence-corrected chi connectivity index (χ2v) is 3.67. The standard InChI is InChI=1S/C10H13N3O2/c14-9(15)8-3-1-6-13(7-8)10-11-4-2-5-12-10/h2,4-5,8H,1,3,6-7H2,(H,14,15). The number of carboxylic acids is 1. The summed E-state index contributed by atoms with van der Waals surface area (Å²) in [4.78, 5) is 21.0. The molecule has 1 fully saturated rings. The van der Waals surface area contributed by atoms with Crippen LogP contribution in [0.1, 0.15) is 12.8 Å². The average molecular weight is 207 g/mol. The Morgan fingerprint density at radius 3 is 2.87 bits per heavy atom. The highest BCUT2D eigenvalue weighted by atomic mass is 16.4. The minimum Gasteiger partial charge on any atom is -0.481 e. The summed E-state index contributed by atoms with van der Waals surface area (Å²) >= 11 is 0. The number of piperidine rings is 1. The van der Waals surface area contributed by atoms with Crippen molar-refractivity contribution >= 4 is 11.9 Å². The van der Waals surface area contributed by atoms with Crippen molar-refractivity contribution in [3.05, 3.63) is 18.5 Å². The normalized spacial score (nSPS) is 21.3. The number of aliphatic carboxylic acids is 1. The van der Waals surface area contributed by atoms with E-state index in [1.54, 1.807) is 18.5 Å². The fourth-order valence-corrected chi connectivity index (χ4v) is 1.81. The first kappa shape index (κ1) is 9.89. The second kappa shape index (κ2) is 4.25. The van der Waals surface area contributed by atoms with Crippen LogP contribution in [0, 0.1) is 5.92 Å². The minimum atomic E-state index is -0.726. The molecule has 0 radical (unpaired) electrons. The number of nitrogens with zero attached hydrogens (tertiary/aromatic N) is 3. The van der Waals surface area contributed by atoms with Crippen molar-refractivity contribution in [1.82, 2.24) is 9.97 Å². The highest BCUT2D eigenvalue weighted by Gasteiger charge is 2.26. The largest absolute Gasteiger partial charge is 0.481 e. The molecule has 80 valence electrons. The lowest BCUT2D eigenvalue weighted by atomic mass is 9.99. The van der Waals surface area contributed by atoms with E-state index in [4.69, 9.17) is 5.11 Å². The van der Waals surface area contributed by atoms with E-state index in [-0.39, 0.29) is 5.92 Å². The summed E-state index contributed by atoms with van der Waals surface area (Å²) in [6, 6.07) is 1.75. The van der Waals surface area contributed by atoms with Gasteiger partial charge < -0.3 is 10.0 Å². The van der Waals surface area contributed by atoms with Crippen LogP contribution in [0.4, 0.5) is 5.95 Å². The third-order valence-electron chi connectivity index (χ3n) is 2.61. The molecule has 15 heavy (non-hydrogen) atoms. The van der Waals surface area contributed by atoms with Crippen LogP contribution >= 0.6 is 0 Å². The fraction of sp³-hybridized carbons (Fsp3) is 0.500. The average Bonchev–Trinajstić information content (AvgIpc) is 2.30. The van der Waals surface area contributed by atoms with E-state index in [9.17, 15) is 4.79 Å². The highest BCUT2D eigenvalue weighted by molar-refractivity contribution is 5.71. The van der Waals surface area contributed by atoms with Crippen LogP contribution in [0.3, 0.4) is 0 Å². The summed E-state index contributed by atoms with van der Waals surface area (Å²) in [6.45, 7) is 1.35. The molecule has 2 heterocycles. The van der Waals surface area contributed by atoms with Crippen LogP contribution in [0.15, 0.2) is 18.5 Å². The summed E-state index contributed by atoms with van der Waals surface area (Å²) in [5.41, 5.74) is 0. The van der Waals surface area contributed by atoms with E-state index in [1.165, 1.54) is 0 Å². The molecule has 1 aliphatic heterocycles.